The molecule has 0 aromatic heterocycles. The zero-order valence-corrected chi connectivity index (χ0v) is 12.4. The summed E-state index contributed by atoms with van der Waals surface area (Å²) in [5, 5.41) is 10.5. The van der Waals surface area contributed by atoms with Crippen LogP contribution in [0.5, 0.6) is 5.75 Å². The van der Waals surface area contributed by atoms with Gasteiger partial charge in [0.2, 0.25) is 0 Å². The van der Waals surface area contributed by atoms with E-state index in [1.54, 1.807) is 42.5 Å². The van der Waals surface area contributed by atoms with Crippen molar-refractivity contribution in [2.75, 3.05) is 0 Å². The third-order valence-electron chi connectivity index (χ3n) is 3.76. The quantitative estimate of drug-likeness (QED) is 0.669. The minimum absolute atomic E-state index is 0.399. The Kier molecular flexibility index (Phi) is 4.76. The molecule has 0 spiro atoms. The molecule has 3 heteroatoms. The van der Waals surface area contributed by atoms with Gasteiger partial charge in [0.15, 0.2) is 0 Å². The van der Waals surface area contributed by atoms with Crippen molar-refractivity contribution < 1.29 is 14.6 Å². The maximum absolute atomic E-state index is 12.0. The molecule has 0 amide bonds. The minimum atomic E-state index is -0.880. The summed E-state index contributed by atoms with van der Waals surface area (Å²) in [6.45, 7) is 3.87. The van der Waals surface area contributed by atoms with Crippen molar-refractivity contribution in [3.63, 3.8) is 0 Å². The van der Waals surface area contributed by atoms with Gasteiger partial charge in [0.25, 0.3) is 0 Å². The average molecular weight is 284 g/mol. The average Bonchev–Trinajstić information content (AvgIpc) is 2.55. The van der Waals surface area contributed by atoms with Crippen LogP contribution in [0.3, 0.4) is 0 Å². The van der Waals surface area contributed by atoms with Gasteiger partial charge in [0.1, 0.15) is 5.75 Å². The topological polar surface area (TPSA) is 46.5 Å². The minimum Gasteiger partial charge on any atom is -0.423 e. The van der Waals surface area contributed by atoms with Crippen molar-refractivity contribution in [1.82, 2.24) is 0 Å². The van der Waals surface area contributed by atoms with Gasteiger partial charge in [-0.3, -0.25) is 0 Å². The molecule has 0 saturated carbocycles. The van der Waals surface area contributed by atoms with Gasteiger partial charge in [-0.15, -0.1) is 0 Å². The van der Waals surface area contributed by atoms with Crippen LogP contribution < -0.4 is 4.74 Å². The van der Waals surface area contributed by atoms with E-state index in [0.29, 0.717) is 24.2 Å². The predicted molar refractivity (Wildman–Crippen MR) is 82.3 cm³/mol. The molecule has 0 unspecified atom stereocenters. The second-order valence-corrected chi connectivity index (χ2v) is 5.02. The van der Waals surface area contributed by atoms with Crippen molar-refractivity contribution in [2.45, 2.75) is 32.3 Å². The monoisotopic (exact) mass is 284 g/mol. The molecule has 0 saturated heterocycles. The van der Waals surface area contributed by atoms with E-state index >= 15 is 0 Å². The van der Waals surface area contributed by atoms with Crippen LogP contribution in [0, 0.1) is 0 Å². The van der Waals surface area contributed by atoms with E-state index in [1.165, 1.54) is 0 Å². The molecule has 2 rings (SSSR count). The number of ether oxygens (including phenoxy) is 1. The molecule has 110 valence electrons. The summed E-state index contributed by atoms with van der Waals surface area (Å²) in [6.07, 6.45) is 1.22. The zero-order chi connectivity index (χ0) is 15.3. The number of hydrogen-bond donors (Lipinski definition) is 1. The summed E-state index contributed by atoms with van der Waals surface area (Å²) in [6, 6.07) is 15.9. The van der Waals surface area contributed by atoms with Crippen LogP contribution in [0.25, 0.3) is 0 Å². The summed E-state index contributed by atoms with van der Waals surface area (Å²) in [5.41, 5.74) is 0.393. The van der Waals surface area contributed by atoms with Crippen LogP contribution in [0.2, 0.25) is 0 Å². The first-order valence-electron chi connectivity index (χ1n) is 7.19. The number of carbonyl (C=O) groups excluding carboxylic acids is 1. The van der Waals surface area contributed by atoms with E-state index in [1.807, 2.05) is 26.0 Å². The zero-order valence-electron chi connectivity index (χ0n) is 12.4. The number of carbonyl (C=O) groups is 1. The molecule has 3 nitrogen and oxygen atoms in total. The summed E-state index contributed by atoms with van der Waals surface area (Å²) in [7, 11) is 0. The standard InChI is InChI=1S/C18H20O3/c1-3-18(20,4-2)15-11-8-12-16(13-15)21-17(19)14-9-6-5-7-10-14/h5-13,20H,3-4H2,1-2H3. The van der Waals surface area contributed by atoms with Gasteiger partial charge in [0.05, 0.1) is 11.2 Å². The normalized spacial score (nSPS) is 11.2. The first-order chi connectivity index (χ1) is 10.1. The lowest BCUT2D eigenvalue weighted by molar-refractivity contribution is 0.0280. The highest BCUT2D eigenvalue weighted by atomic mass is 16.5. The van der Waals surface area contributed by atoms with Crippen LogP contribution in [0.15, 0.2) is 54.6 Å². The van der Waals surface area contributed by atoms with Gasteiger partial charge in [-0.25, -0.2) is 4.79 Å². The van der Waals surface area contributed by atoms with Crippen molar-refractivity contribution in [1.29, 1.82) is 0 Å². The Morgan fingerprint density at radius 2 is 1.71 bits per heavy atom. The van der Waals surface area contributed by atoms with Crippen molar-refractivity contribution >= 4 is 5.97 Å². The number of esters is 1. The molecule has 1 N–H and O–H groups in total. The molecule has 0 aliphatic carbocycles. The highest BCUT2D eigenvalue weighted by Crippen LogP contribution is 2.30. The fourth-order valence-electron chi connectivity index (χ4n) is 2.25. The number of hydrogen-bond acceptors (Lipinski definition) is 3. The maximum atomic E-state index is 12.0. The third kappa shape index (κ3) is 3.50. The maximum Gasteiger partial charge on any atom is 0.343 e. The van der Waals surface area contributed by atoms with Crippen molar-refractivity contribution in [2.24, 2.45) is 0 Å². The van der Waals surface area contributed by atoms with E-state index in [-0.39, 0.29) is 0 Å². The predicted octanol–water partition coefficient (Wildman–Crippen LogP) is 3.91. The fraction of sp³-hybridized carbons (Fsp3) is 0.278. The highest BCUT2D eigenvalue weighted by Gasteiger charge is 2.25. The van der Waals surface area contributed by atoms with Crippen LogP contribution in [0.4, 0.5) is 0 Å². The molecule has 0 fully saturated rings. The van der Waals surface area contributed by atoms with Crippen LogP contribution in [0.1, 0.15) is 42.6 Å². The molecule has 0 bridgehead atoms. The molecule has 0 radical (unpaired) electrons. The molecule has 0 aliphatic heterocycles. The lowest BCUT2D eigenvalue weighted by atomic mass is 9.88. The fourth-order valence-corrected chi connectivity index (χ4v) is 2.25. The molecule has 0 heterocycles. The van der Waals surface area contributed by atoms with Crippen LogP contribution in [-0.2, 0) is 5.60 Å². The largest absolute Gasteiger partial charge is 0.423 e. The summed E-state index contributed by atoms with van der Waals surface area (Å²) >= 11 is 0. The Labute approximate surface area is 125 Å². The van der Waals surface area contributed by atoms with Gasteiger partial charge < -0.3 is 9.84 Å². The molecule has 0 aliphatic rings. The first kappa shape index (κ1) is 15.3. The summed E-state index contributed by atoms with van der Waals surface area (Å²) < 4.78 is 5.38. The SMILES string of the molecule is CCC(O)(CC)c1cccc(OC(=O)c2ccccc2)c1. The lowest BCUT2D eigenvalue weighted by Gasteiger charge is -2.26. The third-order valence-corrected chi connectivity index (χ3v) is 3.76. The Morgan fingerprint density at radius 1 is 1.05 bits per heavy atom. The second-order valence-electron chi connectivity index (χ2n) is 5.02. The second kappa shape index (κ2) is 6.55. The van der Waals surface area contributed by atoms with E-state index in [2.05, 4.69) is 0 Å². The number of rotatable bonds is 5. The number of benzene rings is 2. The van der Waals surface area contributed by atoms with Crippen molar-refractivity contribution in [3.05, 3.63) is 65.7 Å². The smallest absolute Gasteiger partial charge is 0.343 e. The Balaban J connectivity index is 2.21. The lowest BCUT2D eigenvalue weighted by Crippen LogP contribution is -2.23. The van der Waals surface area contributed by atoms with E-state index < -0.39 is 11.6 Å². The van der Waals surface area contributed by atoms with Crippen LogP contribution in [-0.4, -0.2) is 11.1 Å². The first-order valence-corrected chi connectivity index (χ1v) is 7.19. The summed E-state index contributed by atoms with van der Waals surface area (Å²) in [4.78, 5) is 12.0. The molecule has 0 atom stereocenters. The molecule has 2 aromatic carbocycles. The van der Waals surface area contributed by atoms with E-state index in [9.17, 15) is 9.90 Å². The molecule has 2 aromatic rings. The Bertz CT molecular complexity index is 601. The highest BCUT2D eigenvalue weighted by molar-refractivity contribution is 5.90. The molecular weight excluding hydrogens is 264 g/mol. The van der Waals surface area contributed by atoms with Crippen LogP contribution >= 0.6 is 0 Å². The van der Waals surface area contributed by atoms with Gasteiger partial charge in [-0.1, -0.05) is 44.2 Å². The van der Waals surface area contributed by atoms with E-state index in [4.69, 9.17) is 4.74 Å². The Morgan fingerprint density at radius 3 is 2.33 bits per heavy atom. The van der Waals surface area contributed by atoms with Crippen molar-refractivity contribution in [3.8, 4) is 5.75 Å². The summed E-state index contributed by atoms with van der Waals surface area (Å²) in [5.74, 6) is 0.0472. The van der Waals surface area contributed by atoms with Gasteiger partial charge in [-0.2, -0.15) is 0 Å². The van der Waals surface area contributed by atoms with Gasteiger partial charge in [0, 0.05) is 0 Å². The number of aliphatic hydroxyl groups is 1. The van der Waals surface area contributed by atoms with Gasteiger partial charge in [-0.05, 0) is 42.7 Å². The van der Waals surface area contributed by atoms with Gasteiger partial charge >= 0.3 is 5.97 Å². The molecule has 21 heavy (non-hydrogen) atoms. The molecular formula is C18H20O3. The van der Waals surface area contributed by atoms with E-state index in [0.717, 1.165) is 5.56 Å². The Hall–Kier alpha value is -2.13.